The molecular formula is C87H161O25P. The highest BCUT2D eigenvalue weighted by Crippen LogP contribution is 2.49. The summed E-state index contributed by atoms with van der Waals surface area (Å²) in [5.74, 6) is -2.97. The Bertz CT molecular complexity index is 2410. The van der Waals surface area contributed by atoms with E-state index in [0.717, 1.165) is 122 Å². The molecule has 1 saturated carbocycles. The normalized spacial score (nSPS) is 25.5. The molecular weight excluding hydrogens is 1480 g/mol. The molecule has 0 aromatic rings. The minimum absolute atomic E-state index is 0.0180. The first-order valence-electron chi connectivity index (χ1n) is 45.4. The summed E-state index contributed by atoms with van der Waals surface area (Å²) in [5.41, 5.74) is 0. The molecule has 2 saturated heterocycles. The van der Waals surface area contributed by atoms with E-state index in [9.17, 15) is 74.6 Å². The molecule has 0 aromatic carbocycles. The molecule has 18 atom stereocenters. The Balaban J connectivity index is 1.94. The van der Waals surface area contributed by atoms with Crippen molar-refractivity contribution in [3.05, 3.63) is 12.2 Å². The smallest absolute Gasteiger partial charge is 0.463 e. The Kier molecular flexibility index (Phi) is 61.8. The van der Waals surface area contributed by atoms with Crippen LogP contribution in [0.2, 0.25) is 0 Å². The number of allylic oxidation sites excluding steroid dienone is 2. The van der Waals surface area contributed by atoms with Gasteiger partial charge in [-0.25, -0.2) is 4.57 Å². The average molecular weight is 1640 g/mol. The number of aliphatic hydroxyl groups excluding tert-OH is 9. The predicted molar refractivity (Wildman–Crippen MR) is 435 cm³/mol. The van der Waals surface area contributed by atoms with E-state index in [1.165, 1.54) is 173 Å². The van der Waals surface area contributed by atoms with Crippen LogP contribution in [0, 0.1) is 0 Å². The number of aliphatic hydroxyl groups is 9. The molecule has 0 aromatic heterocycles. The molecule has 0 spiro atoms. The highest BCUT2D eigenvalue weighted by atomic mass is 31.2. The van der Waals surface area contributed by atoms with Crippen molar-refractivity contribution in [2.45, 2.75) is 491 Å². The molecule has 3 fully saturated rings. The van der Waals surface area contributed by atoms with Crippen LogP contribution in [0.5, 0.6) is 0 Å². The number of carbonyl (C=O) groups is 4. The van der Waals surface area contributed by atoms with Crippen LogP contribution >= 0.6 is 7.82 Å². The van der Waals surface area contributed by atoms with Crippen molar-refractivity contribution in [3.63, 3.8) is 0 Å². The number of rotatable bonds is 73. The summed E-state index contributed by atoms with van der Waals surface area (Å²) in [7, 11) is -5.80. The maximum Gasteiger partial charge on any atom is 0.472 e. The summed E-state index contributed by atoms with van der Waals surface area (Å²) in [6.45, 7) is 5.57. The molecule has 2 heterocycles. The summed E-state index contributed by atoms with van der Waals surface area (Å²) in [5, 5.41) is 102. The summed E-state index contributed by atoms with van der Waals surface area (Å²) in [6, 6.07) is 0. The van der Waals surface area contributed by atoms with E-state index in [0.29, 0.717) is 38.5 Å². The quantitative estimate of drug-likeness (QED) is 0.00889. The third-order valence-electron chi connectivity index (χ3n) is 22.3. The van der Waals surface area contributed by atoms with Crippen molar-refractivity contribution in [3.8, 4) is 0 Å². The van der Waals surface area contributed by atoms with Crippen molar-refractivity contribution in [2.24, 2.45) is 0 Å². The fourth-order valence-corrected chi connectivity index (χ4v) is 16.0. The van der Waals surface area contributed by atoms with E-state index in [2.05, 4.69) is 39.8 Å². The van der Waals surface area contributed by atoms with Crippen molar-refractivity contribution in [1.82, 2.24) is 0 Å². The predicted octanol–water partition coefficient (Wildman–Crippen LogP) is 16.0. The van der Waals surface area contributed by atoms with Gasteiger partial charge >= 0.3 is 31.7 Å². The fraction of sp³-hybridized carbons (Fsp3) is 0.931. The molecule has 25 nitrogen and oxygen atoms in total. The Labute approximate surface area is 680 Å². The zero-order chi connectivity index (χ0) is 82.5. The van der Waals surface area contributed by atoms with Crippen LogP contribution in [0.15, 0.2) is 12.2 Å². The average Bonchev–Trinajstić information content (AvgIpc) is 0.754. The van der Waals surface area contributed by atoms with Gasteiger partial charge in [0.1, 0.15) is 92.6 Å². The molecule has 664 valence electrons. The van der Waals surface area contributed by atoms with Gasteiger partial charge in [-0.05, 0) is 51.4 Å². The number of esters is 4. The first kappa shape index (κ1) is 104. The Hall–Kier alpha value is -2.79. The summed E-state index contributed by atoms with van der Waals surface area (Å²) >= 11 is 0. The molecule has 10 N–H and O–H groups in total. The van der Waals surface area contributed by atoms with Crippen LogP contribution in [-0.4, -0.2) is 205 Å². The van der Waals surface area contributed by atoms with Gasteiger partial charge in [-0.15, -0.1) is 0 Å². The van der Waals surface area contributed by atoms with E-state index in [4.69, 9.17) is 46.9 Å². The first-order chi connectivity index (χ1) is 54.7. The van der Waals surface area contributed by atoms with E-state index in [1.807, 2.05) is 0 Å². The van der Waals surface area contributed by atoms with Crippen LogP contribution in [0.3, 0.4) is 0 Å². The van der Waals surface area contributed by atoms with Gasteiger partial charge in [0.2, 0.25) is 0 Å². The molecule has 0 bridgehead atoms. The lowest BCUT2D eigenvalue weighted by atomic mass is 9.84. The van der Waals surface area contributed by atoms with E-state index in [1.54, 1.807) is 0 Å². The SMILES string of the molecule is CCCCCCCC/C=C\CCCCCC(=O)OC(COC(=O)CCCCCCCCCCCCCCC)COP(=O)(O)OC1C(OC2OC(CO)C(O)C(O)C2O)C(O)C(O)C(OC(=O)CCCCCCCCCCCCCCCCC)C1OC1OC(COC(=O)CCCCCCCCCCCCCCC)C(O)C(O)C1O. The van der Waals surface area contributed by atoms with E-state index in [-0.39, 0.29) is 25.7 Å². The largest absolute Gasteiger partial charge is 0.472 e. The molecule has 3 rings (SSSR count). The van der Waals surface area contributed by atoms with Gasteiger partial charge in [-0.1, -0.05) is 322 Å². The second kappa shape index (κ2) is 66.9. The van der Waals surface area contributed by atoms with Crippen molar-refractivity contribution >= 4 is 31.7 Å². The summed E-state index contributed by atoms with van der Waals surface area (Å²) < 4.78 is 73.3. The number of unbranched alkanes of at least 4 members (excludes halogenated alkanes) is 47. The maximum absolute atomic E-state index is 14.9. The monoisotopic (exact) mass is 1640 g/mol. The Morgan fingerprint density at radius 3 is 1.06 bits per heavy atom. The third kappa shape index (κ3) is 47.7. The lowest BCUT2D eigenvalue weighted by Gasteiger charge is -2.50. The van der Waals surface area contributed by atoms with Gasteiger partial charge in [0, 0.05) is 25.7 Å². The molecule has 18 unspecified atom stereocenters. The number of phosphoric ester groups is 1. The topological polar surface area (TPSA) is 380 Å². The van der Waals surface area contributed by atoms with Crippen LogP contribution in [-0.2, 0) is 70.7 Å². The van der Waals surface area contributed by atoms with Gasteiger partial charge in [0.05, 0.1) is 13.2 Å². The number of hydrogen-bond donors (Lipinski definition) is 10. The number of hydrogen-bond acceptors (Lipinski definition) is 24. The molecule has 2 aliphatic heterocycles. The zero-order valence-electron chi connectivity index (χ0n) is 70.4. The van der Waals surface area contributed by atoms with Crippen LogP contribution in [0.4, 0.5) is 0 Å². The van der Waals surface area contributed by atoms with Gasteiger partial charge in [0.25, 0.3) is 0 Å². The fourth-order valence-electron chi connectivity index (χ4n) is 15.0. The van der Waals surface area contributed by atoms with E-state index < -0.39 is 162 Å². The molecule has 1 aliphatic carbocycles. The molecule has 0 radical (unpaired) electrons. The van der Waals surface area contributed by atoms with Gasteiger partial charge in [-0.2, -0.15) is 0 Å². The molecule has 3 aliphatic rings. The minimum atomic E-state index is -5.80. The second-order valence-electron chi connectivity index (χ2n) is 32.5. The number of ether oxygens (including phenoxy) is 8. The molecule has 26 heteroatoms. The standard InChI is InChI=1S/C87H161O25P/c1-5-9-13-17-21-25-29-33-34-38-42-46-50-54-58-62-73(92)109-82-78(97)79(98)83(110-86-80(99)76(95)74(93)68(63-88)107-86)85(84(82)111-87-81(100)77(96)75(94)69(108-87)66-104-71(90)60-56-52-48-44-40-36-31-27-23-19-15-11-7-3)112-113(101,102)105-65-67(106-72(91)61-57-53-49-45-41-37-32-28-24-20-16-12-8-4)64-103-70(89)59-55-51-47-43-39-35-30-26-22-18-14-10-6-2/h37,41,67-69,74-88,93-100H,5-36,38-40,42-66H2,1-4H3,(H,101,102)/b41-37-. The third-order valence-corrected chi connectivity index (χ3v) is 23.3. The highest BCUT2D eigenvalue weighted by Gasteiger charge is 2.60. The zero-order valence-corrected chi connectivity index (χ0v) is 71.3. The van der Waals surface area contributed by atoms with Crippen molar-refractivity contribution in [1.29, 1.82) is 0 Å². The summed E-state index contributed by atoms with van der Waals surface area (Å²) in [4.78, 5) is 66.3. The van der Waals surface area contributed by atoms with Gasteiger partial charge < -0.3 is 88.7 Å². The maximum atomic E-state index is 14.9. The number of carbonyl (C=O) groups excluding carboxylic acids is 4. The van der Waals surface area contributed by atoms with Crippen molar-refractivity contribution in [2.75, 3.05) is 26.4 Å². The molecule has 0 amide bonds. The van der Waals surface area contributed by atoms with Gasteiger partial charge in [-0.3, -0.25) is 28.2 Å². The highest BCUT2D eigenvalue weighted by molar-refractivity contribution is 7.47. The van der Waals surface area contributed by atoms with Crippen molar-refractivity contribution < 1.29 is 122 Å². The van der Waals surface area contributed by atoms with E-state index >= 15 is 0 Å². The van der Waals surface area contributed by atoms with Crippen LogP contribution in [0.1, 0.15) is 387 Å². The van der Waals surface area contributed by atoms with Gasteiger partial charge in [0.15, 0.2) is 24.8 Å². The first-order valence-corrected chi connectivity index (χ1v) is 46.9. The minimum Gasteiger partial charge on any atom is -0.463 e. The van der Waals surface area contributed by atoms with Crippen LogP contribution in [0.25, 0.3) is 0 Å². The second-order valence-corrected chi connectivity index (χ2v) is 33.9. The van der Waals surface area contributed by atoms with Crippen LogP contribution < -0.4 is 0 Å². The Morgan fingerprint density at radius 1 is 0.345 bits per heavy atom. The lowest BCUT2D eigenvalue weighted by molar-refractivity contribution is -0.360. The summed E-state index contributed by atoms with van der Waals surface area (Å²) in [6.07, 6.45) is 23.7. The molecule has 113 heavy (non-hydrogen) atoms. The number of phosphoric acid groups is 1. The lowest BCUT2D eigenvalue weighted by Crippen LogP contribution is -2.70. The Morgan fingerprint density at radius 2 is 0.664 bits per heavy atom.